The SMILES string of the molecule is CC(C)c1cc(C(C)C)c(-c2cc(-c3cccc(Oc4[c-]c5c(cc4)c4ccccc4n5-c4cc(C(C)(C)C)ccn4)n3)[n-]n2)c(C(C)C)c1.[Pt+2]. The van der Waals surface area contributed by atoms with Gasteiger partial charge in [-0.3, -0.25) is 0 Å². The van der Waals surface area contributed by atoms with E-state index in [9.17, 15) is 0 Å². The molecule has 0 unspecified atom stereocenters. The standard InChI is InChI=1S/C44H45N5O.Pt/c1-26(2)29-21-34(27(3)4)43(35(22-29)28(5)6)38-25-37(47-48-38)36-14-12-16-42(46-36)50-31-17-18-33-32-13-10-11-15-39(32)49(40(33)24-31)41-23-30(19-20-45-41)44(7,8)9;/h10-23,25-28H,1-9H3;/q-2;+2. The van der Waals surface area contributed by atoms with Gasteiger partial charge in [-0.1, -0.05) is 110 Å². The number of benzene rings is 3. The van der Waals surface area contributed by atoms with E-state index in [1.54, 1.807) is 0 Å². The topological polar surface area (TPSA) is 66.9 Å². The molecule has 4 aromatic heterocycles. The number of pyridine rings is 2. The fraction of sp³-hybridized carbons (Fsp3) is 0.295. The molecule has 0 saturated carbocycles. The van der Waals surface area contributed by atoms with Gasteiger partial charge >= 0.3 is 21.1 Å². The molecule has 0 atom stereocenters. The van der Waals surface area contributed by atoms with Crippen LogP contribution in [-0.2, 0) is 26.5 Å². The number of fused-ring (bicyclic) bond motifs is 3. The van der Waals surface area contributed by atoms with Gasteiger partial charge < -0.3 is 19.5 Å². The minimum Gasteiger partial charge on any atom is -0.573 e. The summed E-state index contributed by atoms with van der Waals surface area (Å²) in [5.74, 6) is 3.03. The number of ether oxygens (including phenoxy) is 1. The summed E-state index contributed by atoms with van der Waals surface area (Å²) in [4.78, 5) is 9.67. The predicted molar refractivity (Wildman–Crippen MR) is 205 cm³/mol. The summed E-state index contributed by atoms with van der Waals surface area (Å²) < 4.78 is 8.56. The van der Waals surface area contributed by atoms with Crippen LogP contribution in [0.25, 0.3) is 50.3 Å². The van der Waals surface area contributed by atoms with Crippen molar-refractivity contribution in [3.8, 4) is 40.1 Å². The quantitative estimate of drug-likeness (QED) is 0.142. The van der Waals surface area contributed by atoms with E-state index >= 15 is 0 Å². The molecule has 4 heterocycles. The third-order valence-electron chi connectivity index (χ3n) is 9.53. The molecule has 7 rings (SSSR count). The molecule has 0 aliphatic rings. The van der Waals surface area contributed by atoms with Crippen LogP contribution in [0, 0.1) is 6.07 Å². The first-order valence-electron chi connectivity index (χ1n) is 17.6. The molecule has 6 nitrogen and oxygen atoms in total. The van der Waals surface area contributed by atoms with E-state index < -0.39 is 0 Å². The second kappa shape index (κ2) is 14.2. The zero-order chi connectivity index (χ0) is 35.3. The van der Waals surface area contributed by atoms with Crippen LogP contribution in [0.3, 0.4) is 0 Å². The molecule has 51 heavy (non-hydrogen) atoms. The van der Waals surface area contributed by atoms with E-state index in [-0.39, 0.29) is 26.5 Å². The summed E-state index contributed by atoms with van der Waals surface area (Å²) in [5.41, 5.74) is 10.6. The Morgan fingerprint density at radius 2 is 1.47 bits per heavy atom. The van der Waals surface area contributed by atoms with Crippen LogP contribution in [0.5, 0.6) is 11.6 Å². The summed E-state index contributed by atoms with van der Waals surface area (Å²) in [6.45, 7) is 20.2. The zero-order valence-electron chi connectivity index (χ0n) is 30.9. The molecular formula is C44H45N5OPt. The van der Waals surface area contributed by atoms with Crippen molar-refractivity contribution in [1.29, 1.82) is 0 Å². The molecule has 0 aliphatic heterocycles. The number of hydrogen-bond acceptors (Lipinski definition) is 4. The minimum absolute atomic E-state index is 0. The molecule has 0 bridgehead atoms. The predicted octanol–water partition coefficient (Wildman–Crippen LogP) is 11.5. The van der Waals surface area contributed by atoms with Gasteiger partial charge in [0, 0.05) is 34.8 Å². The van der Waals surface area contributed by atoms with Crippen LogP contribution in [0.1, 0.15) is 102 Å². The van der Waals surface area contributed by atoms with E-state index in [0.717, 1.165) is 33.3 Å². The maximum absolute atomic E-state index is 6.39. The van der Waals surface area contributed by atoms with Crippen LogP contribution >= 0.6 is 0 Å². The van der Waals surface area contributed by atoms with Gasteiger partial charge in [-0.15, -0.1) is 17.5 Å². The molecular weight excluding hydrogens is 810 g/mol. The molecule has 0 aliphatic carbocycles. The molecule has 0 saturated heterocycles. The van der Waals surface area contributed by atoms with Gasteiger partial charge in [-0.2, -0.15) is 6.07 Å². The van der Waals surface area contributed by atoms with E-state index in [0.29, 0.717) is 40.8 Å². The Morgan fingerprint density at radius 3 is 2.16 bits per heavy atom. The van der Waals surface area contributed by atoms with Crippen LogP contribution < -0.4 is 9.84 Å². The smallest absolute Gasteiger partial charge is 0.573 e. The van der Waals surface area contributed by atoms with Crippen LogP contribution in [0.15, 0.2) is 91.1 Å². The number of para-hydroxylation sites is 1. The van der Waals surface area contributed by atoms with Crippen molar-refractivity contribution in [3.63, 3.8) is 0 Å². The number of rotatable bonds is 8. The summed E-state index contributed by atoms with van der Waals surface area (Å²) in [6.07, 6.45) is 1.89. The molecule has 0 spiro atoms. The molecule has 0 fully saturated rings. The van der Waals surface area contributed by atoms with Crippen molar-refractivity contribution < 1.29 is 25.8 Å². The van der Waals surface area contributed by atoms with E-state index in [1.165, 1.54) is 27.8 Å². The van der Waals surface area contributed by atoms with E-state index in [1.807, 2.05) is 30.5 Å². The van der Waals surface area contributed by atoms with E-state index in [2.05, 4.69) is 139 Å². The largest absolute Gasteiger partial charge is 2.00 e. The Morgan fingerprint density at radius 1 is 0.745 bits per heavy atom. The second-order valence-corrected chi connectivity index (χ2v) is 15.2. The molecule has 0 N–H and O–H groups in total. The minimum atomic E-state index is -0.0101. The zero-order valence-corrected chi connectivity index (χ0v) is 33.1. The second-order valence-electron chi connectivity index (χ2n) is 15.2. The van der Waals surface area contributed by atoms with Gasteiger partial charge in [0.2, 0.25) is 5.88 Å². The van der Waals surface area contributed by atoms with Crippen LogP contribution in [0.2, 0.25) is 0 Å². The third-order valence-corrected chi connectivity index (χ3v) is 9.53. The van der Waals surface area contributed by atoms with Gasteiger partial charge in [0.25, 0.3) is 0 Å². The van der Waals surface area contributed by atoms with Crippen LogP contribution in [0.4, 0.5) is 0 Å². The van der Waals surface area contributed by atoms with Gasteiger partial charge in [0.05, 0.1) is 5.69 Å². The van der Waals surface area contributed by atoms with Crippen molar-refractivity contribution in [2.45, 2.75) is 85.5 Å². The molecule has 3 aromatic carbocycles. The average Bonchev–Trinajstić information content (AvgIpc) is 3.70. The Bertz CT molecular complexity index is 2310. The number of hydrogen-bond donors (Lipinski definition) is 0. The fourth-order valence-corrected chi connectivity index (χ4v) is 6.70. The summed E-state index contributed by atoms with van der Waals surface area (Å²) in [7, 11) is 0. The first-order valence-corrected chi connectivity index (χ1v) is 17.6. The van der Waals surface area contributed by atoms with Crippen molar-refractivity contribution in [1.82, 2.24) is 24.7 Å². The van der Waals surface area contributed by atoms with E-state index in [4.69, 9.17) is 19.8 Å². The van der Waals surface area contributed by atoms with Crippen LogP contribution in [-0.4, -0.2) is 19.6 Å². The first kappa shape index (κ1) is 36.3. The van der Waals surface area contributed by atoms with Crippen molar-refractivity contribution in [2.24, 2.45) is 0 Å². The van der Waals surface area contributed by atoms with Gasteiger partial charge in [0.15, 0.2) is 0 Å². The summed E-state index contributed by atoms with van der Waals surface area (Å²) in [5, 5.41) is 11.5. The number of nitrogens with zero attached hydrogens (tertiary/aromatic N) is 5. The van der Waals surface area contributed by atoms with Crippen molar-refractivity contribution in [3.05, 3.63) is 119 Å². The third kappa shape index (κ3) is 7.04. The molecule has 0 amide bonds. The van der Waals surface area contributed by atoms with Gasteiger partial charge in [-0.05, 0) is 81.1 Å². The summed E-state index contributed by atoms with van der Waals surface area (Å²) in [6, 6.07) is 32.8. The van der Waals surface area contributed by atoms with Crippen molar-refractivity contribution >= 4 is 21.8 Å². The average molecular weight is 855 g/mol. The Kier molecular flexibility index (Phi) is 10.1. The first-order chi connectivity index (χ1) is 23.9. The summed E-state index contributed by atoms with van der Waals surface area (Å²) >= 11 is 0. The fourth-order valence-electron chi connectivity index (χ4n) is 6.70. The number of aromatic nitrogens is 5. The maximum Gasteiger partial charge on any atom is 2.00 e. The molecule has 7 aromatic rings. The molecule has 262 valence electrons. The molecule has 0 radical (unpaired) electrons. The Hall–Kier alpha value is -4.54. The Balaban J connectivity index is 0.00000448. The Labute approximate surface area is 316 Å². The maximum atomic E-state index is 6.39. The van der Waals surface area contributed by atoms with Crippen molar-refractivity contribution in [2.75, 3.05) is 0 Å². The normalized spacial score (nSPS) is 12.0. The van der Waals surface area contributed by atoms with Gasteiger partial charge in [-0.25, -0.2) is 9.97 Å². The van der Waals surface area contributed by atoms with Gasteiger partial charge in [0.1, 0.15) is 5.82 Å². The molecule has 7 heteroatoms. The monoisotopic (exact) mass is 854 g/mol.